The van der Waals surface area contributed by atoms with E-state index in [0.29, 0.717) is 5.56 Å². The lowest BCUT2D eigenvalue weighted by atomic mass is 10.1. The maximum atomic E-state index is 13.7. The van der Waals surface area contributed by atoms with Crippen molar-refractivity contribution in [3.05, 3.63) is 75.1 Å². The number of rotatable bonds is 10. The second-order valence-corrected chi connectivity index (χ2v) is 10.1. The topological polar surface area (TPSA) is 138 Å². The van der Waals surface area contributed by atoms with Crippen LogP contribution in [0.3, 0.4) is 0 Å². The minimum absolute atomic E-state index is 0.226. The van der Waals surface area contributed by atoms with E-state index in [1.165, 1.54) is 25.3 Å². The van der Waals surface area contributed by atoms with Crippen molar-refractivity contribution in [2.75, 3.05) is 6.61 Å². The van der Waals surface area contributed by atoms with Crippen LogP contribution in [0.2, 0.25) is 0 Å². The van der Waals surface area contributed by atoms with Crippen LogP contribution in [0, 0.1) is 19.3 Å². The van der Waals surface area contributed by atoms with Crippen molar-refractivity contribution in [1.29, 1.82) is 0 Å². The number of carbonyl (C=O) groups excluding carboxylic acids is 1. The van der Waals surface area contributed by atoms with Crippen LogP contribution in [-0.4, -0.2) is 39.9 Å². The number of aromatic amines is 1. The largest absolute Gasteiger partial charge is 0.462 e. The van der Waals surface area contributed by atoms with Crippen LogP contribution in [0.25, 0.3) is 0 Å². The number of nitrogens with one attached hydrogen (secondary N) is 2. The third-order valence-corrected chi connectivity index (χ3v) is 6.62. The number of H-pyrrole nitrogens is 1. The Kier molecular flexibility index (Phi) is 8.38. The van der Waals surface area contributed by atoms with Crippen LogP contribution >= 0.6 is 7.75 Å². The van der Waals surface area contributed by atoms with Gasteiger partial charge in [-0.1, -0.05) is 24.1 Å². The Morgan fingerprint density at radius 1 is 1.31 bits per heavy atom. The standard InChI is InChI=1S/C24H28N3O8P/c1-6-24(13-12-20(34-24)27-14-17(4)21(28)25-23(27)30)15-32-36(31,35-19-10-8-7-9-11-19)26-18(5)22(29)33-16(2)3/h1,7-14,16,18,20H,15H2,2-5H3,(H,26,31)(H,25,28,30)/t18-,20+,24-,36?/m0/s1. The summed E-state index contributed by atoms with van der Waals surface area (Å²) in [5, 5.41) is 2.57. The van der Waals surface area contributed by atoms with E-state index in [1.54, 1.807) is 51.1 Å². The lowest BCUT2D eigenvalue weighted by Crippen LogP contribution is -2.39. The summed E-state index contributed by atoms with van der Waals surface area (Å²) < 4.78 is 37.1. The van der Waals surface area contributed by atoms with Gasteiger partial charge in [0.2, 0.25) is 0 Å². The Morgan fingerprint density at radius 3 is 2.64 bits per heavy atom. The van der Waals surface area contributed by atoms with Gasteiger partial charge in [0, 0.05) is 11.8 Å². The summed E-state index contributed by atoms with van der Waals surface area (Å²) in [5.41, 5.74) is -2.42. The van der Waals surface area contributed by atoms with Crippen LogP contribution in [0.1, 0.15) is 32.6 Å². The smallest absolute Gasteiger partial charge is 0.459 e. The summed E-state index contributed by atoms with van der Waals surface area (Å²) in [6.07, 6.45) is 8.72. The van der Waals surface area contributed by atoms with E-state index < -0.39 is 49.4 Å². The van der Waals surface area contributed by atoms with Gasteiger partial charge in [0.25, 0.3) is 5.56 Å². The van der Waals surface area contributed by atoms with Gasteiger partial charge in [-0.15, -0.1) is 6.42 Å². The Labute approximate surface area is 208 Å². The van der Waals surface area contributed by atoms with Gasteiger partial charge >= 0.3 is 19.4 Å². The highest BCUT2D eigenvalue weighted by atomic mass is 31.2. The highest BCUT2D eigenvalue weighted by Crippen LogP contribution is 2.46. The first kappa shape index (κ1) is 27.2. The summed E-state index contributed by atoms with van der Waals surface area (Å²) in [4.78, 5) is 38.4. The van der Waals surface area contributed by atoms with Crippen molar-refractivity contribution in [1.82, 2.24) is 14.6 Å². The van der Waals surface area contributed by atoms with E-state index in [0.717, 1.165) is 4.57 Å². The van der Waals surface area contributed by atoms with E-state index in [-0.39, 0.29) is 11.9 Å². The summed E-state index contributed by atoms with van der Waals surface area (Å²) in [6, 6.07) is 7.20. The first-order valence-electron chi connectivity index (χ1n) is 11.1. The van der Waals surface area contributed by atoms with Crippen molar-refractivity contribution in [2.45, 2.75) is 51.7 Å². The quantitative estimate of drug-likeness (QED) is 0.211. The van der Waals surface area contributed by atoms with Crippen molar-refractivity contribution in [2.24, 2.45) is 0 Å². The molecular weight excluding hydrogens is 489 g/mol. The molecule has 11 nitrogen and oxygen atoms in total. The number of esters is 1. The summed E-state index contributed by atoms with van der Waals surface area (Å²) >= 11 is 0. The van der Waals surface area contributed by atoms with Crippen molar-refractivity contribution in [3.63, 3.8) is 0 Å². The molecule has 0 radical (unpaired) electrons. The average molecular weight is 517 g/mol. The molecule has 0 fully saturated rings. The molecule has 0 aliphatic carbocycles. The van der Waals surface area contributed by atoms with E-state index in [9.17, 15) is 18.9 Å². The van der Waals surface area contributed by atoms with Gasteiger partial charge in [0.15, 0.2) is 11.8 Å². The minimum Gasteiger partial charge on any atom is -0.462 e. The van der Waals surface area contributed by atoms with Crippen molar-refractivity contribution in [3.8, 4) is 18.1 Å². The monoisotopic (exact) mass is 517 g/mol. The molecule has 192 valence electrons. The molecule has 1 aromatic heterocycles. The molecule has 0 spiro atoms. The Bertz CT molecular complexity index is 1330. The molecule has 1 unspecified atom stereocenters. The first-order chi connectivity index (χ1) is 17.0. The Morgan fingerprint density at radius 2 is 2.00 bits per heavy atom. The molecule has 0 saturated carbocycles. The fraction of sp³-hybridized carbons (Fsp3) is 0.375. The maximum Gasteiger partial charge on any atom is 0.459 e. The van der Waals surface area contributed by atoms with E-state index in [2.05, 4.69) is 16.0 Å². The van der Waals surface area contributed by atoms with Gasteiger partial charge in [-0.05, 0) is 52.0 Å². The molecule has 1 aliphatic rings. The van der Waals surface area contributed by atoms with Gasteiger partial charge in [-0.25, -0.2) is 9.36 Å². The number of ether oxygens (including phenoxy) is 2. The number of aryl methyl sites for hydroxylation is 1. The fourth-order valence-corrected chi connectivity index (χ4v) is 4.70. The number of carbonyl (C=O) groups is 1. The van der Waals surface area contributed by atoms with E-state index in [1.807, 2.05) is 0 Å². The van der Waals surface area contributed by atoms with Gasteiger partial charge in [0.1, 0.15) is 18.4 Å². The normalized spacial score (nSPS) is 21.5. The molecule has 3 rings (SSSR count). The van der Waals surface area contributed by atoms with Gasteiger partial charge in [0.05, 0.1) is 6.10 Å². The van der Waals surface area contributed by atoms with Crippen LogP contribution in [-0.2, 0) is 23.4 Å². The number of para-hydroxylation sites is 1. The fourth-order valence-electron chi connectivity index (χ4n) is 3.18. The molecule has 12 heteroatoms. The molecule has 1 aliphatic heterocycles. The minimum atomic E-state index is -4.19. The highest BCUT2D eigenvalue weighted by Gasteiger charge is 2.40. The Balaban J connectivity index is 1.80. The zero-order valence-electron chi connectivity index (χ0n) is 20.3. The lowest BCUT2D eigenvalue weighted by molar-refractivity contribution is -0.149. The molecule has 2 aromatic rings. The molecule has 2 heterocycles. The third-order valence-electron chi connectivity index (χ3n) is 5.00. The average Bonchev–Trinajstić information content (AvgIpc) is 3.25. The SMILES string of the molecule is C#C[C@@]1(COP(=O)(N[C@@H](C)C(=O)OC(C)C)Oc2ccccc2)C=C[C@H](n2cc(C)c(=O)[nH]c2=O)O1. The zero-order chi connectivity index (χ0) is 26.5. The predicted molar refractivity (Wildman–Crippen MR) is 131 cm³/mol. The second kappa shape index (κ2) is 11.1. The lowest BCUT2D eigenvalue weighted by Gasteiger charge is -2.28. The predicted octanol–water partition coefficient (Wildman–Crippen LogP) is 2.44. The molecule has 36 heavy (non-hydrogen) atoms. The summed E-state index contributed by atoms with van der Waals surface area (Å²) in [6.45, 7) is 5.93. The molecule has 0 saturated heterocycles. The van der Waals surface area contributed by atoms with Crippen molar-refractivity contribution >= 4 is 13.7 Å². The number of benzene rings is 1. The number of hydrogen-bond acceptors (Lipinski definition) is 8. The molecule has 0 bridgehead atoms. The number of terminal acetylenes is 1. The molecule has 4 atom stereocenters. The second-order valence-electron chi connectivity index (χ2n) is 8.39. The van der Waals surface area contributed by atoms with Gasteiger partial charge < -0.3 is 14.0 Å². The maximum absolute atomic E-state index is 13.7. The number of hydrogen-bond donors (Lipinski definition) is 2. The van der Waals surface area contributed by atoms with Crippen LogP contribution in [0.15, 0.2) is 58.3 Å². The number of aromatic nitrogens is 2. The van der Waals surface area contributed by atoms with Crippen LogP contribution in [0.5, 0.6) is 5.75 Å². The van der Waals surface area contributed by atoms with Gasteiger partial charge in [-0.2, -0.15) is 5.09 Å². The summed E-state index contributed by atoms with van der Waals surface area (Å²) in [7, 11) is -4.19. The molecule has 2 N–H and O–H groups in total. The zero-order valence-corrected chi connectivity index (χ0v) is 21.2. The number of nitrogens with zero attached hydrogens (tertiary/aromatic N) is 1. The highest BCUT2D eigenvalue weighted by molar-refractivity contribution is 7.52. The summed E-state index contributed by atoms with van der Waals surface area (Å²) in [5.74, 6) is 2.02. The van der Waals surface area contributed by atoms with Crippen LogP contribution < -0.4 is 20.9 Å². The molecular formula is C24H28N3O8P. The van der Waals surface area contributed by atoms with Crippen LogP contribution in [0.4, 0.5) is 0 Å². The van der Waals surface area contributed by atoms with E-state index in [4.69, 9.17) is 24.9 Å². The Hall–Kier alpha value is -3.42. The van der Waals surface area contributed by atoms with Gasteiger partial charge in [-0.3, -0.25) is 23.7 Å². The molecule has 1 aromatic carbocycles. The third kappa shape index (κ3) is 6.62. The van der Waals surface area contributed by atoms with Crippen molar-refractivity contribution < 1.29 is 27.9 Å². The van der Waals surface area contributed by atoms with E-state index >= 15 is 0 Å². The molecule has 0 amide bonds. The first-order valence-corrected chi connectivity index (χ1v) is 12.6.